The van der Waals surface area contributed by atoms with Gasteiger partial charge in [0.05, 0.1) is 4.92 Å². The molecule has 0 spiro atoms. The third kappa shape index (κ3) is 4.63. The second kappa shape index (κ2) is 6.80. The summed E-state index contributed by atoms with van der Waals surface area (Å²) in [6, 6.07) is 3.12. The van der Waals surface area contributed by atoms with E-state index in [-0.39, 0.29) is 29.4 Å². The van der Waals surface area contributed by atoms with E-state index in [2.05, 4.69) is 5.32 Å². The maximum Gasteiger partial charge on any atom is 0.270 e. The minimum atomic E-state index is -2.82. The summed E-state index contributed by atoms with van der Waals surface area (Å²) in [6.07, 6.45) is -2.43. The summed E-state index contributed by atoms with van der Waals surface area (Å²) in [6.45, 7) is 5.70. The van der Waals surface area contributed by atoms with Gasteiger partial charge in [-0.25, -0.2) is 8.78 Å². The number of anilines is 1. The molecule has 0 aromatic heterocycles. The third-order valence-electron chi connectivity index (χ3n) is 3.27. The van der Waals surface area contributed by atoms with E-state index >= 15 is 0 Å². The first-order valence-electron chi connectivity index (χ1n) is 6.60. The summed E-state index contributed by atoms with van der Waals surface area (Å²) in [4.78, 5) is 9.97. The maximum absolute atomic E-state index is 13.1. The van der Waals surface area contributed by atoms with Crippen molar-refractivity contribution in [3.05, 3.63) is 33.9 Å². The lowest BCUT2D eigenvalue weighted by atomic mass is 9.84. The molecule has 7 heteroatoms. The van der Waals surface area contributed by atoms with Gasteiger partial charge in [0.1, 0.15) is 0 Å². The van der Waals surface area contributed by atoms with E-state index in [0.29, 0.717) is 6.42 Å². The molecule has 1 aromatic rings. The van der Waals surface area contributed by atoms with E-state index in [4.69, 9.17) is 5.11 Å². The molecule has 5 nitrogen and oxygen atoms in total. The summed E-state index contributed by atoms with van der Waals surface area (Å²) < 4.78 is 26.2. The molecule has 0 heterocycles. The Morgan fingerprint density at radius 3 is 2.43 bits per heavy atom. The predicted octanol–water partition coefficient (Wildman–Crippen LogP) is 3.74. The standard InChI is InChI=1S/C14H20F2N2O3/c1-14(2,3)12(6-7-19)17-11-5-4-9(18(20)21)8-10(11)13(15)16/h4-5,8,12-13,17,19H,6-7H2,1-3H3. The van der Waals surface area contributed by atoms with Crippen LogP contribution in [0.25, 0.3) is 0 Å². The highest BCUT2D eigenvalue weighted by atomic mass is 19.3. The molecule has 0 aliphatic heterocycles. The number of nitrogens with one attached hydrogen (secondary N) is 1. The number of nitrogens with zero attached hydrogens (tertiary/aromatic N) is 1. The molecule has 0 aliphatic rings. The monoisotopic (exact) mass is 302 g/mol. The van der Waals surface area contributed by atoms with Gasteiger partial charge in [0.15, 0.2) is 0 Å². The van der Waals surface area contributed by atoms with Gasteiger partial charge in [-0.05, 0) is 17.9 Å². The number of nitro groups is 1. The van der Waals surface area contributed by atoms with E-state index in [9.17, 15) is 18.9 Å². The van der Waals surface area contributed by atoms with Crippen LogP contribution in [0.5, 0.6) is 0 Å². The van der Waals surface area contributed by atoms with E-state index in [1.807, 2.05) is 20.8 Å². The average Bonchev–Trinajstić information content (AvgIpc) is 2.36. The first-order valence-corrected chi connectivity index (χ1v) is 6.60. The lowest BCUT2D eigenvalue weighted by Gasteiger charge is -2.32. The highest BCUT2D eigenvalue weighted by Crippen LogP contribution is 2.33. The highest BCUT2D eigenvalue weighted by Gasteiger charge is 2.26. The molecule has 0 amide bonds. The van der Waals surface area contributed by atoms with Crippen LogP contribution in [0.15, 0.2) is 18.2 Å². The second-order valence-corrected chi connectivity index (χ2v) is 5.90. The van der Waals surface area contributed by atoms with Crippen LogP contribution < -0.4 is 5.32 Å². The van der Waals surface area contributed by atoms with E-state index < -0.39 is 16.9 Å². The van der Waals surface area contributed by atoms with Gasteiger partial charge in [-0.15, -0.1) is 0 Å². The zero-order valence-corrected chi connectivity index (χ0v) is 12.3. The van der Waals surface area contributed by atoms with Crippen molar-refractivity contribution in [3.8, 4) is 0 Å². The smallest absolute Gasteiger partial charge is 0.270 e. The van der Waals surface area contributed by atoms with Crippen LogP contribution in [-0.2, 0) is 0 Å². The Hall–Kier alpha value is -1.76. The number of alkyl halides is 2. The fourth-order valence-electron chi connectivity index (χ4n) is 2.01. The first-order chi connectivity index (χ1) is 9.66. The molecule has 0 fully saturated rings. The molecule has 1 aromatic carbocycles. The van der Waals surface area contributed by atoms with Crippen LogP contribution in [0, 0.1) is 15.5 Å². The predicted molar refractivity (Wildman–Crippen MR) is 76.6 cm³/mol. The molecule has 0 aliphatic carbocycles. The Morgan fingerprint density at radius 2 is 2.00 bits per heavy atom. The molecule has 0 saturated heterocycles. The van der Waals surface area contributed by atoms with Crippen molar-refractivity contribution in [3.63, 3.8) is 0 Å². The molecular weight excluding hydrogens is 282 g/mol. The van der Waals surface area contributed by atoms with Crippen LogP contribution in [0.4, 0.5) is 20.2 Å². The number of hydrogen-bond acceptors (Lipinski definition) is 4. The van der Waals surface area contributed by atoms with Gasteiger partial charge in [-0.2, -0.15) is 0 Å². The minimum Gasteiger partial charge on any atom is -0.396 e. The lowest BCUT2D eigenvalue weighted by Crippen LogP contribution is -2.35. The number of hydrogen-bond donors (Lipinski definition) is 2. The zero-order valence-electron chi connectivity index (χ0n) is 12.3. The van der Waals surface area contributed by atoms with Crippen molar-refractivity contribution in [1.82, 2.24) is 0 Å². The number of rotatable bonds is 6. The average molecular weight is 302 g/mol. The van der Waals surface area contributed by atoms with Gasteiger partial charge in [0, 0.05) is 36.0 Å². The molecule has 2 N–H and O–H groups in total. The summed E-state index contributed by atoms with van der Waals surface area (Å²) in [5, 5.41) is 22.7. The first kappa shape index (κ1) is 17.3. The van der Waals surface area contributed by atoms with Gasteiger partial charge >= 0.3 is 0 Å². The summed E-state index contributed by atoms with van der Waals surface area (Å²) in [7, 11) is 0. The Bertz CT molecular complexity index is 501. The van der Waals surface area contributed by atoms with E-state index in [0.717, 1.165) is 6.07 Å². The SMILES string of the molecule is CC(C)(C)C(CCO)Nc1ccc([N+](=O)[O-])cc1C(F)F. The van der Waals surface area contributed by atoms with Crippen LogP contribution in [0.1, 0.15) is 39.2 Å². The summed E-state index contributed by atoms with van der Waals surface area (Å²) >= 11 is 0. The van der Waals surface area contributed by atoms with Crippen LogP contribution in [0.2, 0.25) is 0 Å². The molecule has 0 bridgehead atoms. The van der Waals surface area contributed by atoms with Crippen molar-refractivity contribution in [2.24, 2.45) is 5.41 Å². The fourth-order valence-corrected chi connectivity index (χ4v) is 2.01. The summed E-state index contributed by atoms with van der Waals surface area (Å²) in [5.41, 5.74) is -0.880. The molecule has 0 radical (unpaired) electrons. The molecule has 0 saturated carbocycles. The van der Waals surface area contributed by atoms with Gasteiger partial charge in [0.25, 0.3) is 12.1 Å². The number of non-ortho nitro benzene ring substituents is 1. The van der Waals surface area contributed by atoms with Crippen molar-refractivity contribution in [2.45, 2.75) is 39.7 Å². The molecule has 118 valence electrons. The highest BCUT2D eigenvalue weighted by molar-refractivity contribution is 5.57. The van der Waals surface area contributed by atoms with Crippen LogP contribution >= 0.6 is 0 Å². The number of benzene rings is 1. The van der Waals surface area contributed by atoms with E-state index in [1.165, 1.54) is 12.1 Å². The van der Waals surface area contributed by atoms with E-state index in [1.54, 1.807) is 0 Å². The number of aliphatic hydroxyl groups excluding tert-OH is 1. The van der Waals surface area contributed by atoms with Crippen LogP contribution in [-0.4, -0.2) is 22.7 Å². The van der Waals surface area contributed by atoms with Crippen molar-refractivity contribution < 1.29 is 18.8 Å². The molecular formula is C14H20F2N2O3. The topological polar surface area (TPSA) is 75.4 Å². The molecule has 21 heavy (non-hydrogen) atoms. The van der Waals surface area contributed by atoms with Gasteiger partial charge < -0.3 is 10.4 Å². The Kier molecular flexibility index (Phi) is 5.60. The van der Waals surface area contributed by atoms with Crippen molar-refractivity contribution in [1.29, 1.82) is 0 Å². The normalized spacial score (nSPS) is 13.3. The zero-order chi connectivity index (χ0) is 16.2. The van der Waals surface area contributed by atoms with Crippen LogP contribution in [0.3, 0.4) is 0 Å². The molecule has 1 atom stereocenters. The quantitative estimate of drug-likeness (QED) is 0.620. The Balaban J connectivity index is 3.14. The van der Waals surface area contributed by atoms with Gasteiger partial charge in [-0.3, -0.25) is 10.1 Å². The number of halogens is 2. The minimum absolute atomic E-state index is 0.0775. The lowest BCUT2D eigenvalue weighted by molar-refractivity contribution is -0.385. The maximum atomic E-state index is 13.1. The fraction of sp³-hybridized carbons (Fsp3) is 0.571. The van der Waals surface area contributed by atoms with Crippen molar-refractivity contribution >= 4 is 11.4 Å². The second-order valence-electron chi connectivity index (χ2n) is 5.90. The Morgan fingerprint density at radius 1 is 1.38 bits per heavy atom. The molecule has 1 unspecified atom stereocenters. The number of nitro benzene ring substituents is 1. The third-order valence-corrected chi connectivity index (χ3v) is 3.27. The Labute approximate surface area is 122 Å². The molecule has 1 rings (SSSR count). The largest absolute Gasteiger partial charge is 0.396 e. The van der Waals surface area contributed by atoms with Crippen molar-refractivity contribution in [2.75, 3.05) is 11.9 Å². The van der Waals surface area contributed by atoms with Gasteiger partial charge in [-0.1, -0.05) is 20.8 Å². The number of aliphatic hydroxyl groups is 1. The summed E-state index contributed by atoms with van der Waals surface area (Å²) in [5.74, 6) is 0. The van der Waals surface area contributed by atoms with Gasteiger partial charge in [0.2, 0.25) is 0 Å².